The molecule has 0 saturated heterocycles. The van der Waals surface area contributed by atoms with Gasteiger partial charge in [0.1, 0.15) is 5.75 Å². The van der Waals surface area contributed by atoms with Crippen LogP contribution in [-0.2, 0) is 16.1 Å². The molecule has 1 atom stereocenters. The van der Waals surface area contributed by atoms with E-state index in [2.05, 4.69) is 5.32 Å². The highest BCUT2D eigenvalue weighted by Crippen LogP contribution is 2.37. The molecule has 4 rings (SSSR count). The van der Waals surface area contributed by atoms with Gasteiger partial charge >= 0.3 is 0 Å². The number of benzene rings is 3. The number of anilines is 2. The second-order valence-electron chi connectivity index (χ2n) is 8.29. The fraction of sp³-hybridized carbons (Fsp3) is 0.214. The molecule has 0 aliphatic carbocycles. The molecule has 7 heteroatoms. The van der Waals surface area contributed by atoms with Crippen LogP contribution in [0.25, 0.3) is 6.08 Å². The molecule has 0 spiro atoms. The summed E-state index contributed by atoms with van der Waals surface area (Å²) in [5.74, 6) is 1.36. The fourth-order valence-electron chi connectivity index (χ4n) is 3.84. The maximum absolute atomic E-state index is 12.9. The molecule has 180 valence electrons. The minimum absolute atomic E-state index is 0.130. The van der Waals surface area contributed by atoms with E-state index in [-0.39, 0.29) is 11.8 Å². The van der Waals surface area contributed by atoms with E-state index in [0.717, 1.165) is 16.7 Å². The quantitative estimate of drug-likeness (QED) is 0.491. The Kier molecular flexibility index (Phi) is 7.06. The maximum Gasteiger partial charge on any atom is 0.268 e. The third-order valence-corrected chi connectivity index (χ3v) is 5.73. The van der Waals surface area contributed by atoms with Gasteiger partial charge in [-0.2, -0.15) is 0 Å². The average molecular weight is 473 g/mol. The standard InChI is InChI=1S/C28H28N2O5/c1-18-5-7-21(8-6-18)17-30-23-16-22(11-13-24(23)35-19(2)28(30)32)29-27(31)14-10-20-9-12-25(33-3)26(15-20)34-4/h5-16,19H,17H2,1-4H3,(H,29,31)/b14-10+. The van der Waals surface area contributed by atoms with Crippen molar-refractivity contribution in [3.63, 3.8) is 0 Å². The smallest absolute Gasteiger partial charge is 0.268 e. The van der Waals surface area contributed by atoms with Crippen molar-refractivity contribution >= 4 is 29.3 Å². The van der Waals surface area contributed by atoms with E-state index in [1.165, 1.54) is 6.08 Å². The molecule has 0 saturated carbocycles. The molecule has 0 aromatic heterocycles. The van der Waals surface area contributed by atoms with E-state index in [1.54, 1.807) is 62.5 Å². The van der Waals surface area contributed by atoms with E-state index in [1.807, 2.05) is 37.3 Å². The number of hydrogen-bond acceptors (Lipinski definition) is 5. The lowest BCUT2D eigenvalue weighted by atomic mass is 10.1. The number of methoxy groups -OCH3 is 2. The molecule has 1 heterocycles. The minimum Gasteiger partial charge on any atom is -0.493 e. The first-order valence-corrected chi connectivity index (χ1v) is 11.3. The van der Waals surface area contributed by atoms with Crippen LogP contribution in [0.4, 0.5) is 11.4 Å². The molecule has 3 aromatic rings. The van der Waals surface area contributed by atoms with Crippen LogP contribution in [0.3, 0.4) is 0 Å². The number of ether oxygens (including phenoxy) is 3. The number of carbonyl (C=O) groups excluding carboxylic acids is 2. The van der Waals surface area contributed by atoms with Gasteiger partial charge in [-0.05, 0) is 61.4 Å². The number of amides is 2. The fourth-order valence-corrected chi connectivity index (χ4v) is 3.84. The highest BCUT2D eigenvalue weighted by Gasteiger charge is 2.31. The second kappa shape index (κ2) is 10.3. The number of nitrogens with one attached hydrogen (secondary N) is 1. The Hall–Kier alpha value is -4.26. The number of hydrogen-bond donors (Lipinski definition) is 1. The van der Waals surface area contributed by atoms with Crippen molar-refractivity contribution in [3.05, 3.63) is 83.4 Å². The van der Waals surface area contributed by atoms with Crippen molar-refractivity contribution in [2.24, 2.45) is 0 Å². The maximum atomic E-state index is 12.9. The number of fused-ring (bicyclic) bond motifs is 1. The lowest BCUT2D eigenvalue weighted by molar-refractivity contribution is -0.125. The number of rotatable bonds is 7. The number of carbonyl (C=O) groups is 2. The molecule has 2 amide bonds. The van der Waals surface area contributed by atoms with Gasteiger partial charge < -0.3 is 24.4 Å². The first-order valence-electron chi connectivity index (χ1n) is 11.3. The summed E-state index contributed by atoms with van der Waals surface area (Å²) in [5, 5.41) is 2.86. The summed E-state index contributed by atoms with van der Waals surface area (Å²) in [4.78, 5) is 27.2. The normalized spacial score (nSPS) is 14.9. The Labute approximate surface area is 204 Å². The van der Waals surface area contributed by atoms with Crippen molar-refractivity contribution in [2.45, 2.75) is 26.5 Å². The largest absolute Gasteiger partial charge is 0.493 e. The minimum atomic E-state index is -0.585. The second-order valence-corrected chi connectivity index (χ2v) is 8.29. The summed E-state index contributed by atoms with van der Waals surface area (Å²) < 4.78 is 16.3. The molecule has 35 heavy (non-hydrogen) atoms. The summed E-state index contributed by atoms with van der Waals surface area (Å²) in [6, 6.07) is 18.7. The molecule has 3 aromatic carbocycles. The van der Waals surface area contributed by atoms with Crippen LogP contribution in [-0.4, -0.2) is 32.1 Å². The summed E-state index contributed by atoms with van der Waals surface area (Å²) in [6.07, 6.45) is 2.54. The van der Waals surface area contributed by atoms with Gasteiger partial charge in [-0.1, -0.05) is 35.9 Å². The van der Waals surface area contributed by atoms with Gasteiger partial charge in [0.15, 0.2) is 17.6 Å². The van der Waals surface area contributed by atoms with Gasteiger partial charge in [0.2, 0.25) is 5.91 Å². The van der Waals surface area contributed by atoms with Crippen LogP contribution in [0, 0.1) is 6.92 Å². The van der Waals surface area contributed by atoms with E-state index in [0.29, 0.717) is 35.2 Å². The molecule has 1 N–H and O–H groups in total. The van der Waals surface area contributed by atoms with Gasteiger partial charge in [0.05, 0.1) is 26.5 Å². The van der Waals surface area contributed by atoms with E-state index >= 15 is 0 Å². The summed E-state index contributed by atoms with van der Waals surface area (Å²) in [7, 11) is 3.13. The van der Waals surface area contributed by atoms with Crippen LogP contribution < -0.4 is 24.4 Å². The molecule has 1 aliphatic rings. The molecule has 0 bridgehead atoms. The van der Waals surface area contributed by atoms with Crippen molar-refractivity contribution in [1.29, 1.82) is 0 Å². The van der Waals surface area contributed by atoms with Crippen LogP contribution >= 0.6 is 0 Å². The summed E-state index contributed by atoms with van der Waals surface area (Å²) >= 11 is 0. The highest BCUT2D eigenvalue weighted by atomic mass is 16.5. The van der Waals surface area contributed by atoms with E-state index < -0.39 is 6.10 Å². The first kappa shape index (κ1) is 23.9. The van der Waals surface area contributed by atoms with E-state index in [4.69, 9.17) is 14.2 Å². The zero-order chi connectivity index (χ0) is 24.9. The first-order chi connectivity index (χ1) is 16.9. The molecule has 1 unspecified atom stereocenters. The predicted octanol–water partition coefficient (Wildman–Crippen LogP) is 4.98. The van der Waals surface area contributed by atoms with Gasteiger partial charge in [-0.3, -0.25) is 9.59 Å². The average Bonchev–Trinajstić information content (AvgIpc) is 2.86. The highest BCUT2D eigenvalue weighted by molar-refractivity contribution is 6.04. The monoisotopic (exact) mass is 472 g/mol. The molecular weight excluding hydrogens is 444 g/mol. The molecule has 1 aliphatic heterocycles. The van der Waals surface area contributed by atoms with Crippen LogP contribution in [0.2, 0.25) is 0 Å². The molecular formula is C28H28N2O5. The van der Waals surface area contributed by atoms with E-state index in [9.17, 15) is 9.59 Å². The summed E-state index contributed by atoms with van der Waals surface area (Å²) in [6.45, 7) is 4.17. The Morgan fingerprint density at radius 2 is 1.77 bits per heavy atom. The topological polar surface area (TPSA) is 77.1 Å². The van der Waals surface area contributed by atoms with Crippen molar-refractivity contribution in [2.75, 3.05) is 24.4 Å². The van der Waals surface area contributed by atoms with Crippen LogP contribution in [0.1, 0.15) is 23.6 Å². The van der Waals surface area contributed by atoms with Crippen LogP contribution in [0.15, 0.2) is 66.7 Å². The summed E-state index contributed by atoms with van der Waals surface area (Å²) in [5.41, 5.74) is 4.14. The Morgan fingerprint density at radius 1 is 1.03 bits per heavy atom. The van der Waals surface area contributed by atoms with Crippen molar-refractivity contribution in [3.8, 4) is 17.2 Å². The predicted molar refractivity (Wildman–Crippen MR) is 136 cm³/mol. The third-order valence-electron chi connectivity index (χ3n) is 5.73. The Balaban J connectivity index is 1.52. The molecule has 0 radical (unpaired) electrons. The van der Waals surface area contributed by atoms with Gasteiger partial charge in [0.25, 0.3) is 5.91 Å². The zero-order valence-electron chi connectivity index (χ0n) is 20.2. The van der Waals surface area contributed by atoms with Gasteiger partial charge in [-0.15, -0.1) is 0 Å². The Morgan fingerprint density at radius 3 is 2.49 bits per heavy atom. The van der Waals surface area contributed by atoms with Gasteiger partial charge in [-0.25, -0.2) is 0 Å². The third kappa shape index (κ3) is 5.46. The molecule has 7 nitrogen and oxygen atoms in total. The van der Waals surface area contributed by atoms with Crippen molar-refractivity contribution < 1.29 is 23.8 Å². The lowest BCUT2D eigenvalue weighted by Crippen LogP contribution is -2.44. The van der Waals surface area contributed by atoms with Gasteiger partial charge in [0, 0.05) is 11.8 Å². The number of nitrogens with zero attached hydrogens (tertiary/aromatic N) is 1. The SMILES string of the molecule is COc1ccc(/C=C/C(=O)Nc2ccc3c(c2)N(Cc2ccc(C)cc2)C(=O)C(C)O3)cc1OC. The lowest BCUT2D eigenvalue weighted by Gasteiger charge is -2.33. The van der Waals surface area contributed by atoms with Crippen LogP contribution in [0.5, 0.6) is 17.2 Å². The Bertz CT molecular complexity index is 1270. The zero-order valence-corrected chi connectivity index (χ0v) is 20.2. The van der Waals surface area contributed by atoms with Crippen molar-refractivity contribution in [1.82, 2.24) is 0 Å². The molecule has 0 fully saturated rings. The number of aryl methyl sites for hydroxylation is 1.